The van der Waals surface area contributed by atoms with Gasteiger partial charge < -0.3 is 4.40 Å². The minimum atomic E-state index is 0.993. The lowest BCUT2D eigenvalue weighted by Crippen LogP contribution is -1.99. The number of hydrogen-bond acceptors (Lipinski definition) is 2. The van der Waals surface area contributed by atoms with Crippen LogP contribution in [0, 0.1) is 0 Å². The van der Waals surface area contributed by atoms with Crippen LogP contribution in [-0.2, 0) is 0 Å². The zero-order valence-electron chi connectivity index (χ0n) is 18.7. The lowest BCUT2D eigenvalue weighted by atomic mass is 10.1. The summed E-state index contributed by atoms with van der Waals surface area (Å²) >= 11 is 1.86. The molecule has 0 fully saturated rings. The second-order valence-corrected chi connectivity index (χ2v) is 9.97. The van der Waals surface area contributed by atoms with Gasteiger partial charge in [0.1, 0.15) is 5.82 Å². The fourth-order valence-corrected chi connectivity index (χ4v) is 6.51. The highest BCUT2D eigenvalue weighted by Crippen LogP contribution is 2.43. The third-order valence-electron chi connectivity index (χ3n) is 6.95. The second kappa shape index (κ2) is 7.05. The van der Waals surface area contributed by atoms with Crippen LogP contribution in [-0.4, -0.2) is 14.0 Å². The molecule has 8 aromatic rings. The summed E-state index contributed by atoms with van der Waals surface area (Å²) in [7, 11) is 0. The molecule has 3 aromatic carbocycles. The third-order valence-corrected chi connectivity index (χ3v) is 8.09. The van der Waals surface area contributed by atoms with Gasteiger partial charge in [-0.3, -0.25) is 4.57 Å². The van der Waals surface area contributed by atoms with E-state index in [0.717, 1.165) is 28.1 Å². The van der Waals surface area contributed by atoms with Crippen LogP contribution in [0.25, 0.3) is 64.7 Å². The first-order valence-corrected chi connectivity index (χ1v) is 12.6. The number of nitrogens with zero attached hydrogens (tertiary/aromatic N) is 3. The summed E-state index contributed by atoms with van der Waals surface area (Å²) in [5, 5.41) is 3.78. The van der Waals surface area contributed by atoms with Crippen LogP contribution in [0.3, 0.4) is 0 Å². The second-order valence-electron chi connectivity index (χ2n) is 8.89. The Morgan fingerprint density at radius 1 is 0.629 bits per heavy atom. The van der Waals surface area contributed by atoms with Crippen LogP contribution >= 0.6 is 11.3 Å². The fourth-order valence-electron chi connectivity index (χ4n) is 5.40. The molecule has 8 rings (SSSR count). The molecule has 0 amide bonds. The van der Waals surface area contributed by atoms with E-state index in [-0.39, 0.29) is 0 Å². The van der Waals surface area contributed by atoms with Crippen molar-refractivity contribution in [1.82, 2.24) is 14.0 Å². The zero-order valence-corrected chi connectivity index (χ0v) is 19.5. The van der Waals surface area contributed by atoms with E-state index in [0.29, 0.717) is 0 Å². The predicted octanol–water partition coefficient (Wildman–Crippen LogP) is 8.47. The lowest BCUT2D eigenvalue weighted by molar-refractivity contribution is 1.04. The maximum atomic E-state index is 5.23. The molecule has 0 atom stereocenters. The topological polar surface area (TPSA) is 22.2 Å². The summed E-state index contributed by atoms with van der Waals surface area (Å²) in [6.07, 6.45) is 2.14. The maximum absolute atomic E-state index is 5.23. The number of pyridine rings is 2. The molecule has 0 aliphatic heterocycles. The van der Waals surface area contributed by atoms with Crippen LogP contribution in [0.2, 0.25) is 0 Å². The van der Waals surface area contributed by atoms with E-state index in [1.165, 1.54) is 36.6 Å². The summed E-state index contributed by atoms with van der Waals surface area (Å²) in [5.74, 6) is 1.12. The minimum absolute atomic E-state index is 0.993. The SMILES string of the molecule is c1ccc(-c2ccc3c(n2)c2ccc4sc5ccccc5c4c2n3-c2ccc3ccccn23)cc1. The van der Waals surface area contributed by atoms with Crippen molar-refractivity contribution in [3.63, 3.8) is 0 Å². The van der Waals surface area contributed by atoms with E-state index in [1.54, 1.807) is 0 Å². The number of benzene rings is 3. The summed E-state index contributed by atoms with van der Waals surface area (Å²) in [6.45, 7) is 0. The van der Waals surface area contributed by atoms with Crippen LogP contribution < -0.4 is 0 Å². The Bertz CT molecular complexity index is 2060. The van der Waals surface area contributed by atoms with Crippen molar-refractivity contribution in [3.8, 4) is 17.1 Å². The molecule has 164 valence electrons. The summed E-state index contributed by atoms with van der Waals surface area (Å²) < 4.78 is 7.27. The van der Waals surface area contributed by atoms with E-state index < -0.39 is 0 Å². The smallest absolute Gasteiger partial charge is 0.122 e. The molecule has 0 aliphatic carbocycles. The van der Waals surface area contributed by atoms with Crippen molar-refractivity contribution in [2.45, 2.75) is 0 Å². The molecule has 0 N–H and O–H groups in total. The molecule has 0 unspecified atom stereocenters. The van der Waals surface area contributed by atoms with Gasteiger partial charge in [-0.2, -0.15) is 0 Å². The molecular formula is C31H19N3S. The summed E-state index contributed by atoms with van der Waals surface area (Å²) in [6, 6.07) is 38.8. The number of thiophene rings is 1. The Labute approximate surface area is 205 Å². The monoisotopic (exact) mass is 465 g/mol. The molecule has 5 heterocycles. The van der Waals surface area contributed by atoms with Crippen molar-refractivity contribution >= 4 is 59.0 Å². The first-order chi connectivity index (χ1) is 17.4. The van der Waals surface area contributed by atoms with Gasteiger partial charge in [-0.15, -0.1) is 11.3 Å². The molecule has 0 saturated carbocycles. The molecule has 5 aromatic heterocycles. The maximum Gasteiger partial charge on any atom is 0.122 e. The quantitative estimate of drug-likeness (QED) is 0.251. The normalized spacial score (nSPS) is 12.0. The van der Waals surface area contributed by atoms with Gasteiger partial charge in [-0.05, 0) is 54.6 Å². The van der Waals surface area contributed by atoms with E-state index >= 15 is 0 Å². The van der Waals surface area contributed by atoms with Crippen LogP contribution in [0.1, 0.15) is 0 Å². The molecule has 35 heavy (non-hydrogen) atoms. The first kappa shape index (κ1) is 19.0. The predicted molar refractivity (Wildman–Crippen MR) is 148 cm³/mol. The van der Waals surface area contributed by atoms with E-state index in [1.807, 2.05) is 17.4 Å². The molecule has 0 spiro atoms. The molecule has 3 nitrogen and oxygen atoms in total. The summed E-state index contributed by atoms with van der Waals surface area (Å²) in [5.41, 5.74) is 6.67. The van der Waals surface area contributed by atoms with Gasteiger partial charge in [-0.1, -0.05) is 54.6 Å². The lowest BCUT2D eigenvalue weighted by Gasteiger charge is -2.09. The van der Waals surface area contributed by atoms with Crippen LogP contribution in [0.5, 0.6) is 0 Å². The Morgan fingerprint density at radius 3 is 2.43 bits per heavy atom. The van der Waals surface area contributed by atoms with Gasteiger partial charge in [0.15, 0.2) is 0 Å². The number of rotatable bonds is 2. The van der Waals surface area contributed by atoms with Gasteiger partial charge in [0, 0.05) is 42.8 Å². The fraction of sp³-hybridized carbons (Fsp3) is 0. The van der Waals surface area contributed by atoms with Crippen molar-refractivity contribution < 1.29 is 0 Å². The Kier molecular flexibility index (Phi) is 3.82. The third kappa shape index (κ3) is 2.63. The highest BCUT2D eigenvalue weighted by molar-refractivity contribution is 7.26. The molecule has 0 aliphatic rings. The standard InChI is InChI=1S/C31H19N3S/c1-2-8-20(9-3-1)24-15-16-25-30(32-24)23-14-17-27-29(22-11-4-5-12-26(22)35-27)31(23)34(25)28-18-13-21-10-6-7-19-33(21)28/h1-19H. The Balaban J connectivity index is 1.59. The van der Waals surface area contributed by atoms with Crippen LogP contribution in [0.15, 0.2) is 115 Å². The van der Waals surface area contributed by atoms with Gasteiger partial charge in [0.2, 0.25) is 0 Å². The van der Waals surface area contributed by atoms with Crippen molar-refractivity contribution in [2.24, 2.45) is 0 Å². The zero-order chi connectivity index (χ0) is 22.9. The van der Waals surface area contributed by atoms with E-state index in [2.05, 4.69) is 118 Å². The largest absolute Gasteiger partial charge is 0.303 e. The summed E-state index contributed by atoms with van der Waals surface area (Å²) in [4.78, 5) is 5.23. The molecule has 4 heteroatoms. The van der Waals surface area contributed by atoms with Crippen molar-refractivity contribution in [1.29, 1.82) is 0 Å². The number of fused-ring (bicyclic) bond motifs is 8. The van der Waals surface area contributed by atoms with E-state index in [9.17, 15) is 0 Å². The number of hydrogen-bond donors (Lipinski definition) is 0. The average Bonchev–Trinajstić information content (AvgIpc) is 3.60. The minimum Gasteiger partial charge on any atom is -0.303 e. The molecular weight excluding hydrogens is 446 g/mol. The van der Waals surface area contributed by atoms with Gasteiger partial charge in [0.25, 0.3) is 0 Å². The van der Waals surface area contributed by atoms with Gasteiger partial charge in [-0.25, -0.2) is 4.98 Å². The highest BCUT2D eigenvalue weighted by Gasteiger charge is 2.20. The number of aromatic nitrogens is 3. The van der Waals surface area contributed by atoms with Gasteiger partial charge >= 0.3 is 0 Å². The average molecular weight is 466 g/mol. The molecule has 0 bridgehead atoms. The molecule has 0 saturated heterocycles. The molecule has 0 radical (unpaired) electrons. The van der Waals surface area contributed by atoms with Crippen LogP contribution in [0.4, 0.5) is 0 Å². The van der Waals surface area contributed by atoms with E-state index in [4.69, 9.17) is 4.98 Å². The Hall–Kier alpha value is -4.41. The first-order valence-electron chi connectivity index (χ1n) is 11.7. The van der Waals surface area contributed by atoms with Crippen molar-refractivity contribution in [3.05, 3.63) is 115 Å². The van der Waals surface area contributed by atoms with Crippen molar-refractivity contribution in [2.75, 3.05) is 0 Å². The Morgan fingerprint density at radius 2 is 1.49 bits per heavy atom. The van der Waals surface area contributed by atoms with Gasteiger partial charge in [0.05, 0.1) is 22.2 Å². The highest BCUT2D eigenvalue weighted by atomic mass is 32.1.